The highest BCUT2D eigenvalue weighted by molar-refractivity contribution is 6.08. The molecule has 0 fully saturated rings. The molecule has 0 radical (unpaired) electrons. The summed E-state index contributed by atoms with van der Waals surface area (Å²) >= 11 is 0. The van der Waals surface area contributed by atoms with E-state index in [1.807, 2.05) is 6.07 Å². The van der Waals surface area contributed by atoms with Crippen LogP contribution in [0.15, 0.2) is 30.3 Å². The number of methoxy groups -OCH3 is 1. The van der Waals surface area contributed by atoms with E-state index in [1.54, 1.807) is 36.3 Å². The van der Waals surface area contributed by atoms with Crippen LogP contribution in [0.3, 0.4) is 0 Å². The maximum absolute atomic E-state index is 12.1. The van der Waals surface area contributed by atoms with Gasteiger partial charge in [-0.05, 0) is 19.1 Å². The molecule has 1 atom stereocenters. The Morgan fingerprint density at radius 3 is 2.44 bits per heavy atom. The van der Waals surface area contributed by atoms with Gasteiger partial charge in [0.15, 0.2) is 0 Å². The summed E-state index contributed by atoms with van der Waals surface area (Å²) in [6.45, 7) is 2.15. The standard InChI is InChI=1S/C12H15N3O3/c1-3-15(9-7-5-4-6-8-9)11(16)10(14-13)12(17)18-2/h4-8,10,14H,3H2,1-2H3. The van der Waals surface area contributed by atoms with E-state index >= 15 is 0 Å². The fourth-order valence-electron chi connectivity index (χ4n) is 1.56. The SMILES string of the molecule is CCN(C(=O)C([NH+]=[N-])C(=O)OC)c1ccccc1. The predicted octanol–water partition coefficient (Wildman–Crippen LogP) is -0.317. The second-order valence-corrected chi connectivity index (χ2v) is 3.50. The third-order valence-electron chi connectivity index (χ3n) is 2.46. The zero-order valence-electron chi connectivity index (χ0n) is 10.3. The number of hydrogen-bond donors (Lipinski definition) is 1. The number of amides is 1. The molecule has 1 aromatic rings. The Kier molecular flexibility index (Phi) is 4.98. The van der Waals surface area contributed by atoms with Gasteiger partial charge in [0.25, 0.3) is 0 Å². The Labute approximate surface area is 105 Å². The smallest absolute Gasteiger partial charge is 0.384 e. The van der Waals surface area contributed by atoms with E-state index in [9.17, 15) is 9.59 Å². The molecule has 18 heavy (non-hydrogen) atoms. The van der Waals surface area contributed by atoms with Crippen LogP contribution in [0.5, 0.6) is 0 Å². The summed E-state index contributed by atoms with van der Waals surface area (Å²) in [7, 11) is 1.15. The van der Waals surface area contributed by atoms with Crippen molar-refractivity contribution >= 4 is 17.6 Å². The number of carbonyl (C=O) groups is 2. The molecule has 0 aliphatic carbocycles. The van der Waals surface area contributed by atoms with Gasteiger partial charge in [-0.2, -0.15) is 0 Å². The van der Waals surface area contributed by atoms with Crippen molar-refractivity contribution in [2.75, 3.05) is 18.6 Å². The number of para-hydroxylation sites is 1. The molecule has 0 saturated carbocycles. The van der Waals surface area contributed by atoms with E-state index in [-0.39, 0.29) is 0 Å². The number of benzene rings is 1. The molecule has 1 amide bonds. The van der Waals surface area contributed by atoms with Crippen LogP contribution in [0.2, 0.25) is 0 Å². The average molecular weight is 249 g/mol. The number of esters is 1. The van der Waals surface area contributed by atoms with Crippen LogP contribution in [-0.2, 0) is 14.3 Å². The number of carbonyl (C=O) groups excluding carboxylic acids is 2. The molecule has 0 aromatic heterocycles. The Bertz CT molecular complexity index is 433. The zero-order chi connectivity index (χ0) is 13.5. The van der Waals surface area contributed by atoms with Crippen molar-refractivity contribution in [2.24, 2.45) is 0 Å². The third kappa shape index (κ3) is 2.91. The molecule has 6 nitrogen and oxygen atoms in total. The lowest BCUT2D eigenvalue weighted by molar-refractivity contribution is -0.497. The van der Waals surface area contributed by atoms with E-state index in [1.165, 1.54) is 4.90 Å². The predicted molar refractivity (Wildman–Crippen MR) is 64.6 cm³/mol. The second kappa shape index (κ2) is 6.48. The van der Waals surface area contributed by atoms with Crippen molar-refractivity contribution in [3.8, 4) is 0 Å². The third-order valence-corrected chi connectivity index (χ3v) is 2.46. The van der Waals surface area contributed by atoms with Gasteiger partial charge in [-0.15, -0.1) is 0 Å². The van der Waals surface area contributed by atoms with Gasteiger partial charge in [0.2, 0.25) is 0 Å². The topological polar surface area (TPSA) is 82.9 Å². The van der Waals surface area contributed by atoms with Gasteiger partial charge in [-0.25, -0.2) is 4.79 Å². The molecule has 0 heterocycles. The summed E-state index contributed by atoms with van der Waals surface area (Å²) < 4.78 is 4.45. The normalized spacial score (nSPS) is 11.4. The van der Waals surface area contributed by atoms with Crippen molar-refractivity contribution in [1.82, 2.24) is 0 Å². The van der Waals surface area contributed by atoms with E-state index in [2.05, 4.69) is 4.74 Å². The lowest BCUT2D eigenvalue weighted by Gasteiger charge is -2.21. The number of nitrogens with one attached hydrogen (secondary N) is 1. The minimum Gasteiger partial charge on any atom is -0.507 e. The molecule has 0 aliphatic rings. The maximum Gasteiger partial charge on any atom is 0.384 e. The van der Waals surface area contributed by atoms with Crippen molar-refractivity contribution < 1.29 is 19.4 Å². The minimum absolute atomic E-state index is 0.373. The molecule has 0 aliphatic heterocycles. The number of hydrogen-bond acceptors (Lipinski definition) is 3. The van der Waals surface area contributed by atoms with Crippen LogP contribution in [0, 0.1) is 0 Å². The lowest BCUT2D eigenvalue weighted by Crippen LogP contribution is -2.79. The first-order valence-electron chi connectivity index (χ1n) is 5.49. The number of likely N-dealkylation sites (N-methyl/N-ethyl adjacent to an activating group) is 1. The largest absolute Gasteiger partial charge is 0.507 e. The van der Waals surface area contributed by atoms with Gasteiger partial charge in [-0.1, -0.05) is 18.2 Å². The fraction of sp³-hybridized carbons (Fsp3) is 0.333. The zero-order valence-corrected chi connectivity index (χ0v) is 10.3. The summed E-state index contributed by atoms with van der Waals surface area (Å²) in [6.07, 6.45) is 0. The van der Waals surface area contributed by atoms with Crippen molar-refractivity contribution in [3.05, 3.63) is 35.9 Å². The van der Waals surface area contributed by atoms with Crippen LogP contribution in [0.25, 0.3) is 5.53 Å². The highest BCUT2D eigenvalue weighted by Gasteiger charge is 2.34. The Morgan fingerprint density at radius 2 is 2.00 bits per heavy atom. The van der Waals surface area contributed by atoms with E-state index in [4.69, 9.17) is 5.53 Å². The fourth-order valence-corrected chi connectivity index (χ4v) is 1.56. The Hall–Kier alpha value is -2.24. The molecule has 1 rings (SSSR count). The molecule has 1 N–H and O–H groups in total. The van der Waals surface area contributed by atoms with Gasteiger partial charge in [0, 0.05) is 12.2 Å². The van der Waals surface area contributed by atoms with E-state index in [0.29, 0.717) is 12.2 Å². The molecule has 96 valence electrons. The van der Waals surface area contributed by atoms with Gasteiger partial charge in [0.05, 0.1) is 7.11 Å². The van der Waals surface area contributed by atoms with Crippen LogP contribution < -0.4 is 10.0 Å². The minimum atomic E-state index is -1.42. The summed E-state index contributed by atoms with van der Waals surface area (Å²) in [5.41, 5.74) is 9.54. The van der Waals surface area contributed by atoms with Crippen LogP contribution >= 0.6 is 0 Å². The second-order valence-electron chi connectivity index (χ2n) is 3.50. The Morgan fingerprint density at radius 1 is 1.39 bits per heavy atom. The first kappa shape index (κ1) is 13.8. The molecule has 1 unspecified atom stereocenters. The number of anilines is 1. The van der Waals surface area contributed by atoms with Crippen LogP contribution in [0.4, 0.5) is 5.69 Å². The molecule has 1 aromatic carbocycles. The summed E-state index contributed by atoms with van der Waals surface area (Å²) in [6, 6.07) is 7.45. The molecular weight excluding hydrogens is 234 g/mol. The number of ether oxygens (including phenoxy) is 1. The molecule has 0 saturated heterocycles. The first-order valence-corrected chi connectivity index (χ1v) is 5.49. The highest BCUT2D eigenvalue weighted by Crippen LogP contribution is 2.13. The number of nitrogens with zero attached hydrogens (tertiary/aromatic N) is 2. The van der Waals surface area contributed by atoms with Gasteiger partial charge >= 0.3 is 17.9 Å². The van der Waals surface area contributed by atoms with Gasteiger partial charge in [0.1, 0.15) is 0 Å². The van der Waals surface area contributed by atoms with Crippen LogP contribution in [0.1, 0.15) is 6.92 Å². The number of rotatable bonds is 5. The Balaban J connectivity index is 2.98. The quantitative estimate of drug-likeness (QED) is 0.441. The highest BCUT2D eigenvalue weighted by atomic mass is 16.5. The molecule has 0 spiro atoms. The van der Waals surface area contributed by atoms with E-state index in [0.717, 1.165) is 7.11 Å². The molecule has 6 heteroatoms. The van der Waals surface area contributed by atoms with Crippen molar-refractivity contribution in [1.29, 1.82) is 0 Å². The summed E-state index contributed by atoms with van der Waals surface area (Å²) in [5.74, 6) is -1.41. The van der Waals surface area contributed by atoms with E-state index < -0.39 is 17.9 Å². The first-order chi connectivity index (χ1) is 8.65. The summed E-state index contributed by atoms with van der Waals surface area (Å²) in [4.78, 5) is 24.8. The molecule has 0 bridgehead atoms. The van der Waals surface area contributed by atoms with Crippen LogP contribution in [-0.4, -0.2) is 31.6 Å². The lowest BCUT2D eigenvalue weighted by atomic mass is 10.2. The average Bonchev–Trinajstić information content (AvgIpc) is 2.41. The molecular formula is C12H15N3O3. The maximum atomic E-state index is 12.1. The van der Waals surface area contributed by atoms with Gasteiger partial charge < -0.3 is 20.3 Å². The van der Waals surface area contributed by atoms with Crippen molar-refractivity contribution in [2.45, 2.75) is 13.0 Å². The monoisotopic (exact) mass is 249 g/mol. The summed E-state index contributed by atoms with van der Waals surface area (Å²) in [5, 5.41) is 1.67. The van der Waals surface area contributed by atoms with Crippen molar-refractivity contribution in [3.63, 3.8) is 0 Å². The van der Waals surface area contributed by atoms with Gasteiger partial charge in [-0.3, -0.25) is 4.79 Å².